The van der Waals surface area contributed by atoms with Gasteiger partial charge in [0.1, 0.15) is 12.6 Å². The first-order valence-corrected chi connectivity index (χ1v) is 14.1. The predicted octanol–water partition coefficient (Wildman–Crippen LogP) is 2.82. The Kier molecular flexibility index (Phi) is 14.0. The molecule has 0 bridgehead atoms. The molecule has 224 valence electrons. The molecule has 6 N–H and O–H groups in total. The van der Waals surface area contributed by atoms with E-state index in [1.165, 1.54) is 6.92 Å². The monoisotopic (exact) mass is 568 g/mol. The van der Waals surface area contributed by atoms with Gasteiger partial charge in [0, 0.05) is 5.92 Å². The van der Waals surface area contributed by atoms with Crippen molar-refractivity contribution in [1.29, 1.82) is 0 Å². The van der Waals surface area contributed by atoms with Crippen LogP contribution in [0.15, 0.2) is 60.7 Å². The summed E-state index contributed by atoms with van der Waals surface area (Å²) in [5.74, 6) is -2.40. The molecule has 0 aliphatic heterocycles. The maximum absolute atomic E-state index is 13.1. The average molecular weight is 569 g/mol. The van der Waals surface area contributed by atoms with E-state index in [2.05, 4.69) is 16.0 Å². The fourth-order valence-electron chi connectivity index (χ4n) is 4.24. The van der Waals surface area contributed by atoms with Crippen molar-refractivity contribution in [1.82, 2.24) is 16.0 Å². The van der Waals surface area contributed by atoms with Crippen molar-refractivity contribution < 1.29 is 29.0 Å². The molecule has 10 nitrogen and oxygen atoms in total. The van der Waals surface area contributed by atoms with Crippen LogP contribution in [0.2, 0.25) is 0 Å². The minimum absolute atomic E-state index is 0.0164. The Bertz CT molecular complexity index is 1110. The number of carbonyl (C=O) groups excluding carboxylic acids is 4. The van der Waals surface area contributed by atoms with Crippen molar-refractivity contribution >= 4 is 23.8 Å². The van der Waals surface area contributed by atoms with Crippen LogP contribution in [-0.2, 0) is 32.1 Å². The third kappa shape index (κ3) is 11.7. The van der Waals surface area contributed by atoms with Crippen molar-refractivity contribution in [2.45, 2.75) is 84.2 Å². The summed E-state index contributed by atoms with van der Waals surface area (Å²) in [5, 5.41) is 19.0. The molecule has 0 spiro atoms. The van der Waals surface area contributed by atoms with Gasteiger partial charge in [-0.05, 0) is 43.2 Å². The van der Waals surface area contributed by atoms with Gasteiger partial charge in [-0.1, -0.05) is 87.9 Å². The average Bonchev–Trinajstić information content (AvgIpc) is 2.95. The first kappa shape index (κ1) is 33.4. The van der Waals surface area contributed by atoms with Crippen LogP contribution in [0.3, 0.4) is 0 Å². The van der Waals surface area contributed by atoms with Crippen LogP contribution >= 0.6 is 0 Å². The Balaban J connectivity index is 2.07. The van der Waals surface area contributed by atoms with Crippen molar-refractivity contribution in [3.63, 3.8) is 0 Å². The van der Waals surface area contributed by atoms with Gasteiger partial charge in [-0.3, -0.25) is 19.7 Å². The first-order chi connectivity index (χ1) is 19.5. The number of aliphatic hydroxyl groups excluding tert-OH is 1. The van der Waals surface area contributed by atoms with E-state index in [9.17, 15) is 24.3 Å². The number of amides is 4. The van der Waals surface area contributed by atoms with Crippen molar-refractivity contribution in [2.24, 2.45) is 17.6 Å². The quantitative estimate of drug-likeness (QED) is 0.221. The van der Waals surface area contributed by atoms with Crippen molar-refractivity contribution in [3.8, 4) is 0 Å². The number of hydrogen-bond acceptors (Lipinski definition) is 7. The minimum Gasteiger partial charge on any atom is -0.445 e. The van der Waals surface area contributed by atoms with Crippen LogP contribution in [0.1, 0.15) is 58.1 Å². The molecule has 0 aromatic heterocycles. The van der Waals surface area contributed by atoms with E-state index in [1.54, 1.807) is 13.8 Å². The van der Waals surface area contributed by atoms with E-state index < -0.39 is 54.0 Å². The molecule has 1 unspecified atom stereocenters. The molecule has 0 radical (unpaired) electrons. The lowest BCUT2D eigenvalue weighted by Crippen LogP contribution is -2.53. The molecule has 0 fully saturated rings. The van der Waals surface area contributed by atoms with Crippen LogP contribution < -0.4 is 21.7 Å². The number of nitrogens with two attached hydrogens (primary N) is 1. The van der Waals surface area contributed by atoms with Gasteiger partial charge < -0.3 is 26.2 Å². The zero-order valence-corrected chi connectivity index (χ0v) is 24.3. The number of hydrogen-bond donors (Lipinski definition) is 5. The number of aliphatic hydroxyl groups is 1. The van der Waals surface area contributed by atoms with Gasteiger partial charge in [0.25, 0.3) is 0 Å². The predicted molar refractivity (Wildman–Crippen MR) is 156 cm³/mol. The molecule has 41 heavy (non-hydrogen) atoms. The fraction of sp³-hybridized carbons (Fsp3) is 0.484. The summed E-state index contributed by atoms with van der Waals surface area (Å²) in [7, 11) is 0. The number of benzene rings is 2. The van der Waals surface area contributed by atoms with E-state index >= 15 is 0 Å². The second-order valence-corrected chi connectivity index (χ2v) is 10.6. The number of imide groups is 1. The minimum atomic E-state index is -1.12. The van der Waals surface area contributed by atoms with Crippen LogP contribution in [0, 0.1) is 11.8 Å². The van der Waals surface area contributed by atoms with Crippen molar-refractivity contribution in [3.05, 3.63) is 71.8 Å². The second kappa shape index (κ2) is 17.1. The molecule has 5 atom stereocenters. The molecule has 2 aromatic carbocycles. The molecule has 0 aliphatic carbocycles. The number of carbonyl (C=O) groups is 4. The van der Waals surface area contributed by atoms with Gasteiger partial charge in [-0.15, -0.1) is 0 Å². The molecule has 0 heterocycles. The van der Waals surface area contributed by atoms with Gasteiger partial charge >= 0.3 is 6.09 Å². The molecule has 0 saturated carbocycles. The molecule has 4 amide bonds. The largest absolute Gasteiger partial charge is 0.445 e. The summed E-state index contributed by atoms with van der Waals surface area (Å²) < 4.78 is 5.21. The van der Waals surface area contributed by atoms with E-state index in [0.717, 1.165) is 11.1 Å². The highest BCUT2D eigenvalue weighted by atomic mass is 16.5. The number of ether oxygens (including phenoxy) is 1. The summed E-state index contributed by atoms with van der Waals surface area (Å²) in [6, 6.07) is 15.9. The highest BCUT2D eigenvalue weighted by Gasteiger charge is 2.31. The topological polar surface area (TPSA) is 160 Å². The molecular weight excluding hydrogens is 524 g/mol. The first-order valence-electron chi connectivity index (χ1n) is 14.1. The Labute approximate surface area is 242 Å². The summed E-state index contributed by atoms with van der Waals surface area (Å²) in [6.45, 7) is 7.06. The van der Waals surface area contributed by atoms with E-state index in [0.29, 0.717) is 12.8 Å². The van der Waals surface area contributed by atoms with Crippen LogP contribution in [0.4, 0.5) is 4.79 Å². The molecule has 0 aliphatic rings. The number of rotatable bonds is 15. The van der Waals surface area contributed by atoms with E-state index in [-0.39, 0.29) is 25.4 Å². The number of nitrogens with one attached hydrogen (secondary N) is 3. The Hall–Kier alpha value is -3.76. The lowest BCUT2D eigenvalue weighted by Gasteiger charge is -2.28. The molecule has 0 saturated heterocycles. The van der Waals surface area contributed by atoms with Gasteiger partial charge in [0.05, 0.1) is 18.2 Å². The Morgan fingerprint density at radius 2 is 1.44 bits per heavy atom. The van der Waals surface area contributed by atoms with Crippen LogP contribution in [0.25, 0.3) is 0 Å². The van der Waals surface area contributed by atoms with Gasteiger partial charge in [-0.25, -0.2) is 4.79 Å². The lowest BCUT2D eigenvalue weighted by atomic mass is 9.90. The van der Waals surface area contributed by atoms with Crippen molar-refractivity contribution in [2.75, 3.05) is 0 Å². The highest BCUT2D eigenvalue weighted by molar-refractivity contribution is 5.98. The summed E-state index contributed by atoms with van der Waals surface area (Å²) >= 11 is 0. The second-order valence-electron chi connectivity index (χ2n) is 10.6. The zero-order valence-electron chi connectivity index (χ0n) is 24.3. The van der Waals surface area contributed by atoms with E-state index in [4.69, 9.17) is 10.5 Å². The Morgan fingerprint density at radius 1 is 0.854 bits per heavy atom. The fourth-order valence-corrected chi connectivity index (χ4v) is 4.24. The van der Waals surface area contributed by atoms with Gasteiger partial charge in [0.2, 0.25) is 17.7 Å². The highest BCUT2D eigenvalue weighted by Crippen LogP contribution is 2.19. The summed E-state index contributed by atoms with van der Waals surface area (Å²) in [6.07, 6.45) is -0.478. The maximum Gasteiger partial charge on any atom is 0.408 e. The van der Waals surface area contributed by atoms with Gasteiger partial charge in [-0.2, -0.15) is 0 Å². The summed E-state index contributed by atoms with van der Waals surface area (Å²) in [5.41, 5.74) is 7.56. The normalized spacial score (nSPS) is 14.7. The molecule has 2 aromatic rings. The molecular formula is C31H44N4O6. The third-order valence-electron chi connectivity index (χ3n) is 6.83. The maximum atomic E-state index is 13.1. The standard InChI is InChI=1S/C31H44N4O6/c1-5-12-24(29(38)35-30(39)27(32)20(2)3)18-26(36)25(17-22-13-8-6-9-14-22)34-28(37)21(4)33-31(40)41-19-23-15-10-7-11-16-23/h6-11,13-16,20-21,24-27,36H,5,12,17-19,32H2,1-4H3,(H,33,40)(H,34,37)(H,35,38,39)/t21-,24+,25-,26-,27?/m0/s1. The molecule has 2 rings (SSSR count). The zero-order chi connectivity index (χ0) is 30.4. The van der Waals surface area contributed by atoms with Crippen LogP contribution in [0.5, 0.6) is 0 Å². The SMILES string of the molecule is CCC[C@H](C[C@H](O)[C@H](Cc1ccccc1)NC(=O)[C@H](C)NC(=O)OCc1ccccc1)C(=O)NC(=O)C(N)C(C)C. The third-order valence-corrected chi connectivity index (χ3v) is 6.83. The molecule has 10 heteroatoms. The lowest BCUT2D eigenvalue weighted by molar-refractivity contribution is -0.134. The summed E-state index contributed by atoms with van der Waals surface area (Å²) in [4.78, 5) is 50.7. The smallest absolute Gasteiger partial charge is 0.408 e. The van der Waals surface area contributed by atoms with Gasteiger partial charge in [0.15, 0.2) is 0 Å². The van der Waals surface area contributed by atoms with Crippen LogP contribution in [-0.4, -0.2) is 53.2 Å². The van der Waals surface area contributed by atoms with E-state index in [1.807, 2.05) is 67.6 Å². The number of alkyl carbamates (subject to hydrolysis) is 1. The Morgan fingerprint density at radius 3 is 2.00 bits per heavy atom.